The maximum Gasteiger partial charge on any atom is 0.0808 e. The Kier molecular flexibility index (Phi) is 5.67. The maximum absolute atomic E-state index is 6.36. The summed E-state index contributed by atoms with van der Waals surface area (Å²) in [5, 5.41) is 0. The van der Waals surface area contributed by atoms with Crippen LogP contribution in [-0.2, 0) is 4.74 Å². The number of ether oxygens (including phenoxy) is 1. The normalized spacial score (nSPS) is 29.8. The largest absolute Gasteiger partial charge is 0.370 e. The number of rotatable bonds is 5. The third-order valence-electron chi connectivity index (χ3n) is 4.82. The highest BCUT2D eigenvalue weighted by molar-refractivity contribution is 4.92. The smallest absolute Gasteiger partial charge is 0.0808 e. The van der Waals surface area contributed by atoms with E-state index >= 15 is 0 Å². The summed E-state index contributed by atoms with van der Waals surface area (Å²) < 4.78 is 6.36. The lowest BCUT2D eigenvalue weighted by Gasteiger charge is -2.44. The summed E-state index contributed by atoms with van der Waals surface area (Å²) in [5.41, 5.74) is 6.42. The molecule has 1 saturated carbocycles. The highest BCUT2D eigenvalue weighted by atomic mass is 16.5. The Morgan fingerprint density at radius 3 is 2.00 bits per heavy atom. The molecule has 0 bridgehead atoms. The SMILES string of the molecule is CCC(CC)OC1(CN)CCC(C(C)(C)C)CC1. The molecule has 0 aromatic carbocycles. The number of nitrogens with two attached hydrogens (primary N) is 1. The van der Waals surface area contributed by atoms with Crippen LogP contribution in [-0.4, -0.2) is 18.2 Å². The standard InChI is InChI=1S/C16H33NO/c1-6-14(7-2)18-16(12-17)10-8-13(9-11-16)15(3,4)5/h13-14H,6-12,17H2,1-5H3. The molecule has 1 aliphatic carbocycles. The lowest BCUT2D eigenvalue weighted by Crippen LogP contribution is -2.47. The molecule has 0 saturated heterocycles. The van der Waals surface area contributed by atoms with Crippen molar-refractivity contribution in [2.24, 2.45) is 17.1 Å². The summed E-state index contributed by atoms with van der Waals surface area (Å²) in [6.45, 7) is 12.2. The van der Waals surface area contributed by atoms with Crippen LogP contribution in [0.3, 0.4) is 0 Å². The van der Waals surface area contributed by atoms with Gasteiger partial charge in [0.25, 0.3) is 0 Å². The molecule has 1 rings (SSSR count). The second-order valence-electron chi connectivity index (χ2n) is 7.08. The lowest BCUT2D eigenvalue weighted by atomic mass is 9.68. The van der Waals surface area contributed by atoms with Crippen molar-refractivity contribution >= 4 is 0 Å². The second-order valence-corrected chi connectivity index (χ2v) is 7.08. The fraction of sp³-hybridized carbons (Fsp3) is 1.00. The monoisotopic (exact) mass is 255 g/mol. The van der Waals surface area contributed by atoms with Crippen LogP contribution in [0.1, 0.15) is 73.1 Å². The molecule has 0 aromatic heterocycles. The topological polar surface area (TPSA) is 35.2 Å². The molecule has 0 unspecified atom stereocenters. The predicted molar refractivity (Wildman–Crippen MR) is 78.7 cm³/mol. The average molecular weight is 255 g/mol. The van der Waals surface area contributed by atoms with Gasteiger partial charge in [-0.1, -0.05) is 34.6 Å². The maximum atomic E-state index is 6.36. The molecule has 0 spiro atoms. The van der Waals surface area contributed by atoms with Gasteiger partial charge < -0.3 is 10.5 Å². The van der Waals surface area contributed by atoms with Crippen molar-refractivity contribution < 1.29 is 4.74 Å². The molecule has 2 heteroatoms. The Hall–Kier alpha value is -0.0800. The quantitative estimate of drug-likeness (QED) is 0.802. The molecular weight excluding hydrogens is 222 g/mol. The minimum atomic E-state index is -0.0293. The molecule has 0 amide bonds. The molecule has 1 aliphatic rings. The molecular formula is C16H33NO. The van der Waals surface area contributed by atoms with Crippen LogP contribution >= 0.6 is 0 Å². The molecule has 2 N–H and O–H groups in total. The van der Waals surface area contributed by atoms with Gasteiger partial charge in [-0.25, -0.2) is 0 Å². The van der Waals surface area contributed by atoms with Crippen LogP contribution in [0.4, 0.5) is 0 Å². The highest BCUT2D eigenvalue weighted by Crippen LogP contribution is 2.43. The molecule has 0 aliphatic heterocycles. The Morgan fingerprint density at radius 2 is 1.67 bits per heavy atom. The van der Waals surface area contributed by atoms with E-state index in [0.717, 1.165) is 31.6 Å². The fourth-order valence-corrected chi connectivity index (χ4v) is 3.19. The van der Waals surface area contributed by atoms with Crippen molar-refractivity contribution in [3.63, 3.8) is 0 Å². The van der Waals surface area contributed by atoms with Gasteiger partial charge in [-0.2, -0.15) is 0 Å². The molecule has 0 heterocycles. The van der Waals surface area contributed by atoms with Gasteiger partial charge >= 0.3 is 0 Å². The van der Waals surface area contributed by atoms with Crippen LogP contribution in [0.25, 0.3) is 0 Å². The Labute approximate surface area is 114 Å². The van der Waals surface area contributed by atoms with E-state index in [1.165, 1.54) is 12.8 Å². The van der Waals surface area contributed by atoms with E-state index in [1.807, 2.05) is 0 Å². The molecule has 2 nitrogen and oxygen atoms in total. The molecule has 1 fully saturated rings. The van der Waals surface area contributed by atoms with E-state index in [9.17, 15) is 0 Å². The van der Waals surface area contributed by atoms with Crippen molar-refractivity contribution in [1.29, 1.82) is 0 Å². The Balaban J connectivity index is 2.60. The van der Waals surface area contributed by atoms with E-state index in [2.05, 4.69) is 34.6 Å². The number of hydrogen-bond acceptors (Lipinski definition) is 2. The van der Waals surface area contributed by atoms with Crippen LogP contribution in [0, 0.1) is 11.3 Å². The zero-order valence-electron chi connectivity index (χ0n) is 13.1. The zero-order chi connectivity index (χ0) is 13.8. The van der Waals surface area contributed by atoms with Crippen LogP contribution < -0.4 is 5.73 Å². The van der Waals surface area contributed by atoms with E-state index in [1.54, 1.807) is 0 Å². The van der Waals surface area contributed by atoms with Crippen molar-refractivity contribution in [1.82, 2.24) is 0 Å². The predicted octanol–water partition coefficient (Wildman–Crippen LogP) is 4.13. The minimum Gasteiger partial charge on any atom is -0.370 e. The van der Waals surface area contributed by atoms with Crippen molar-refractivity contribution in [3.05, 3.63) is 0 Å². The third-order valence-corrected chi connectivity index (χ3v) is 4.82. The van der Waals surface area contributed by atoms with Crippen LogP contribution in [0.2, 0.25) is 0 Å². The summed E-state index contributed by atoms with van der Waals surface area (Å²) in [4.78, 5) is 0. The molecule has 108 valence electrons. The number of hydrogen-bond donors (Lipinski definition) is 1. The zero-order valence-corrected chi connectivity index (χ0v) is 13.1. The summed E-state index contributed by atoms with van der Waals surface area (Å²) in [7, 11) is 0. The van der Waals surface area contributed by atoms with Crippen molar-refractivity contribution in [2.75, 3.05) is 6.54 Å². The van der Waals surface area contributed by atoms with Gasteiger partial charge in [0.1, 0.15) is 0 Å². The van der Waals surface area contributed by atoms with E-state index in [-0.39, 0.29) is 5.60 Å². The van der Waals surface area contributed by atoms with E-state index < -0.39 is 0 Å². The first-order valence-electron chi connectivity index (χ1n) is 7.74. The summed E-state index contributed by atoms with van der Waals surface area (Å²) in [6.07, 6.45) is 7.40. The second kappa shape index (κ2) is 6.38. The van der Waals surface area contributed by atoms with Gasteiger partial charge in [0, 0.05) is 6.54 Å². The van der Waals surface area contributed by atoms with Gasteiger partial charge in [0.15, 0.2) is 0 Å². The van der Waals surface area contributed by atoms with Gasteiger partial charge in [0.2, 0.25) is 0 Å². The van der Waals surface area contributed by atoms with Gasteiger partial charge in [0.05, 0.1) is 11.7 Å². The minimum absolute atomic E-state index is 0.0293. The Bertz CT molecular complexity index is 232. The summed E-state index contributed by atoms with van der Waals surface area (Å²) in [6, 6.07) is 0. The first-order valence-corrected chi connectivity index (χ1v) is 7.74. The van der Waals surface area contributed by atoms with Crippen LogP contribution in [0.15, 0.2) is 0 Å². The first kappa shape index (κ1) is 16.0. The van der Waals surface area contributed by atoms with Crippen LogP contribution in [0.5, 0.6) is 0 Å². The highest BCUT2D eigenvalue weighted by Gasteiger charge is 2.39. The molecule has 0 aromatic rings. The fourth-order valence-electron chi connectivity index (χ4n) is 3.19. The van der Waals surface area contributed by atoms with E-state index in [0.29, 0.717) is 18.1 Å². The van der Waals surface area contributed by atoms with Crippen molar-refractivity contribution in [3.8, 4) is 0 Å². The van der Waals surface area contributed by atoms with E-state index in [4.69, 9.17) is 10.5 Å². The van der Waals surface area contributed by atoms with Gasteiger partial charge in [-0.05, 0) is 49.9 Å². The van der Waals surface area contributed by atoms with Gasteiger partial charge in [-0.3, -0.25) is 0 Å². The Morgan fingerprint density at radius 1 is 1.17 bits per heavy atom. The first-order chi connectivity index (χ1) is 8.37. The third kappa shape index (κ3) is 3.96. The molecule has 0 atom stereocenters. The van der Waals surface area contributed by atoms with Gasteiger partial charge in [-0.15, -0.1) is 0 Å². The molecule has 0 radical (unpaired) electrons. The molecule has 18 heavy (non-hydrogen) atoms. The summed E-state index contributed by atoms with van der Waals surface area (Å²) in [5.74, 6) is 0.822. The average Bonchev–Trinajstić information content (AvgIpc) is 2.35. The summed E-state index contributed by atoms with van der Waals surface area (Å²) >= 11 is 0. The van der Waals surface area contributed by atoms with Crippen molar-refractivity contribution in [2.45, 2.75) is 84.8 Å². The lowest BCUT2D eigenvalue weighted by molar-refractivity contribution is -0.121.